The van der Waals surface area contributed by atoms with Crippen molar-refractivity contribution in [2.75, 3.05) is 12.7 Å². The van der Waals surface area contributed by atoms with Crippen molar-refractivity contribution in [1.29, 1.82) is 0 Å². The molecule has 0 unspecified atom stereocenters. The quantitative estimate of drug-likeness (QED) is 0.559. The second-order valence-electron chi connectivity index (χ2n) is 4.45. The molecule has 0 spiro atoms. The summed E-state index contributed by atoms with van der Waals surface area (Å²) < 4.78 is 0. The lowest BCUT2D eigenvalue weighted by Crippen LogP contribution is -2.43. The molecule has 0 rings (SSSR count). The van der Waals surface area contributed by atoms with Gasteiger partial charge in [-0.2, -0.15) is 0 Å². The van der Waals surface area contributed by atoms with E-state index in [0.29, 0.717) is 25.2 Å². The van der Waals surface area contributed by atoms with Crippen LogP contribution in [0, 0.1) is 0 Å². The minimum absolute atomic E-state index is 0.00720. The van der Waals surface area contributed by atoms with E-state index in [1.807, 2.05) is 13.8 Å². The molecule has 0 bridgehead atoms. The van der Waals surface area contributed by atoms with Gasteiger partial charge in [0, 0.05) is 25.2 Å². The molecule has 5 heteroatoms. The van der Waals surface area contributed by atoms with Crippen molar-refractivity contribution in [2.24, 2.45) is 0 Å². The van der Waals surface area contributed by atoms with E-state index in [9.17, 15) is 9.59 Å². The average Bonchev–Trinajstić information content (AvgIpc) is 1.99. The van der Waals surface area contributed by atoms with Crippen LogP contribution in [0.25, 0.3) is 0 Å². The smallest absolute Gasteiger partial charge is 0.221 e. The number of carbonyl (C=O) groups is 1. The minimum atomic E-state index is -2.13. The average molecular weight is 218 g/mol. The molecule has 0 aliphatic rings. The first-order valence-corrected chi connectivity index (χ1v) is 8.19. The minimum Gasteiger partial charge on any atom is -0.431 e. The largest absolute Gasteiger partial charge is 0.431 e. The van der Waals surface area contributed by atoms with E-state index >= 15 is 0 Å². The van der Waals surface area contributed by atoms with Gasteiger partial charge in [-0.3, -0.25) is 4.79 Å². The predicted octanol–water partition coefficient (Wildman–Crippen LogP) is 0.227. The summed E-state index contributed by atoms with van der Waals surface area (Å²) >= 11 is 0. The maximum absolute atomic E-state index is 11.2. The molecular weight excluding hydrogens is 196 g/mol. The van der Waals surface area contributed by atoms with Crippen molar-refractivity contribution in [3.8, 4) is 0 Å². The van der Waals surface area contributed by atoms with Gasteiger partial charge in [0.25, 0.3) is 0 Å². The lowest BCUT2D eigenvalue weighted by molar-refractivity contribution is -0.120. The highest BCUT2D eigenvalue weighted by Gasteiger charge is 2.17. The SMILES string of the molecule is CC(C)NCCC(=O)NC[Si](C)(C)O. The van der Waals surface area contributed by atoms with Gasteiger partial charge in [0.2, 0.25) is 14.2 Å². The second-order valence-corrected chi connectivity index (χ2v) is 8.43. The number of hydrogen-bond acceptors (Lipinski definition) is 3. The summed E-state index contributed by atoms with van der Waals surface area (Å²) in [5, 5.41) is 5.89. The van der Waals surface area contributed by atoms with Crippen molar-refractivity contribution in [1.82, 2.24) is 10.6 Å². The van der Waals surface area contributed by atoms with E-state index in [-0.39, 0.29) is 5.91 Å². The van der Waals surface area contributed by atoms with E-state index in [4.69, 9.17) is 0 Å². The summed E-state index contributed by atoms with van der Waals surface area (Å²) in [6.45, 7) is 8.39. The fourth-order valence-corrected chi connectivity index (χ4v) is 1.51. The zero-order chi connectivity index (χ0) is 11.2. The molecule has 0 fully saturated rings. The number of carbonyl (C=O) groups excluding carboxylic acids is 1. The Kier molecular flexibility index (Phi) is 5.99. The number of rotatable bonds is 6. The Hall–Kier alpha value is -0.393. The molecule has 0 aliphatic heterocycles. The first-order chi connectivity index (χ1) is 6.31. The van der Waals surface area contributed by atoms with E-state index in [2.05, 4.69) is 10.6 Å². The Morgan fingerprint density at radius 3 is 2.43 bits per heavy atom. The zero-order valence-corrected chi connectivity index (χ0v) is 10.6. The van der Waals surface area contributed by atoms with Crippen molar-refractivity contribution in [3.05, 3.63) is 0 Å². The first-order valence-electron chi connectivity index (χ1n) is 5.04. The molecular formula is C9H22N2O2Si. The maximum atomic E-state index is 11.2. The summed E-state index contributed by atoms with van der Waals surface area (Å²) in [5.41, 5.74) is 0. The van der Waals surface area contributed by atoms with Crippen LogP contribution in [0.3, 0.4) is 0 Å². The van der Waals surface area contributed by atoms with E-state index in [1.165, 1.54) is 0 Å². The van der Waals surface area contributed by atoms with Crippen LogP contribution in [0.15, 0.2) is 0 Å². The standard InChI is InChI=1S/C9H22N2O2Si/c1-8(2)10-6-5-9(12)11-7-14(3,4)13/h8,10,13H,5-7H2,1-4H3,(H,11,12). The summed E-state index contributed by atoms with van der Waals surface area (Å²) in [6, 6.07) is 0.409. The number of amides is 1. The van der Waals surface area contributed by atoms with E-state index < -0.39 is 8.32 Å². The fraction of sp³-hybridized carbons (Fsp3) is 0.889. The molecule has 0 atom stereocenters. The highest BCUT2D eigenvalue weighted by Crippen LogP contribution is 1.92. The molecule has 0 heterocycles. The monoisotopic (exact) mass is 218 g/mol. The summed E-state index contributed by atoms with van der Waals surface area (Å²) in [4.78, 5) is 20.7. The topological polar surface area (TPSA) is 61.4 Å². The number of hydrogen-bond donors (Lipinski definition) is 3. The van der Waals surface area contributed by atoms with E-state index in [0.717, 1.165) is 0 Å². The normalized spacial score (nSPS) is 11.9. The molecule has 1 amide bonds. The van der Waals surface area contributed by atoms with Crippen LogP contribution in [-0.4, -0.2) is 37.8 Å². The lowest BCUT2D eigenvalue weighted by Gasteiger charge is -2.15. The molecule has 0 radical (unpaired) electrons. The van der Waals surface area contributed by atoms with Gasteiger partial charge in [0.05, 0.1) is 0 Å². The third kappa shape index (κ3) is 9.69. The van der Waals surface area contributed by atoms with Gasteiger partial charge >= 0.3 is 0 Å². The van der Waals surface area contributed by atoms with Crippen molar-refractivity contribution >= 4 is 14.2 Å². The van der Waals surface area contributed by atoms with Crippen LogP contribution >= 0.6 is 0 Å². The second kappa shape index (κ2) is 6.16. The van der Waals surface area contributed by atoms with Gasteiger partial charge in [-0.1, -0.05) is 13.8 Å². The summed E-state index contributed by atoms with van der Waals surface area (Å²) in [5.74, 6) is 0.00720. The molecule has 0 aliphatic carbocycles. The van der Waals surface area contributed by atoms with Gasteiger partial charge in [-0.25, -0.2) is 0 Å². The van der Waals surface area contributed by atoms with Gasteiger partial charge in [0.1, 0.15) is 0 Å². The van der Waals surface area contributed by atoms with Crippen LogP contribution in [0.2, 0.25) is 13.1 Å². The molecule has 0 aromatic heterocycles. The molecule has 3 N–H and O–H groups in total. The Morgan fingerprint density at radius 2 is 2.00 bits per heavy atom. The van der Waals surface area contributed by atoms with Crippen LogP contribution in [0.4, 0.5) is 0 Å². The van der Waals surface area contributed by atoms with Crippen molar-refractivity contribution < 1.29 is 9.59 Å². The molecule has 0 saturated carbocycles. The lowest BCUT2D eigenvalue weighted by atomic mass is 10.3. The molecule has 0 saturated heterocycles. The Labute approximate surface area is 87.2 Å². The highest BCUT2D eigenvalue weighted by atomic mass is 28.4. The number of nitrogens with one attached hydrogen (secondary N) is 2. The van der Waals surface area contributed by atoms with Gasteiger partial charge in [-0.15, -0.1) is 0 Å². The zero-order valence-electron chi connectivity index (χ0n) is 9.55. The predicted molar refractivity (Wildman–Crippen MR) is 60.5 cm³/mol. The maximum Gasteiger partial charge on any atom is 0.221 e. The van der Waals surface area contributed by atoms with E-state index in [1.54, 1.807) is 13.1 Å². The van der Waals surface area contributed by atoms with Gasteiger partial charge in [-0.05, 0) is 13.1 Å². The van der Waals surface area contributed by atoms with Crippen LogP contribution in [-0.2, 0) is 4.79 Å². The first kappa shape index (κ1) is 13.6. The third-order valence-corrected chi connectivity index (χ3v) is 2.66. The van der Waals surface area contributed by atoms with Crippen molar-refractivity contribution in [2.45, 2.75) is 39.4 Å². The summed E-state index contributed by atoms with van der Waals surface area (Å²) in [6.07, 6.45) is 0.913. The molecule has 14 heavy (non-hydrogen) atoms. The van der Waals surface area contributed by atoms with Crippen molar-refractivity contribution in [3.63, 3.8) is 0 Å². The molecule has 0 aromatic carbocycles. The molecule has 4 nitrogen and oxygen atoms in total. The fourth-order valence-electron chi connectivity index (χ4n) is 0.878. The Balaban J connectivity index is 3.47. The van der Waals surface area contributed by atoms with Gasteiger partial charge < -0.3 is 15.4 Å². The molecule has 0 aromatic rings. The van der Waals surface area contributed by atoms with Crippen LogP contribution < -0.4 is 10.6 Å². The Morgan fingerprint density at radius 1 is 1.43 bits per heavy atom. The molecule has 84 valence electrons. The highest BCUT2D eigenvalue weighted by molar-refractivity contribution is 6.70. The summed E-state index contributed by atoms with van der Waals surface area (Å²) in [7, 11) is -2.13. The van der Waals surface area contributed by atoms with Crippen LogP contribution in [0.5, 0.6) is 0 Å². The van der Waals surface area contributed by atoms with Gasteiger partial charge in [0.15, 0.2) is 0 Å². The van der Waals surface area contributed by atoms with Crippen LogP contribution in [0.1, 0.15) is 20.3 Å². The Bertz CT molecular complexity index is 178. The third-order valence-electron chi connectivity index (χ3n) is 1.62.